The molecule has 0 fully saturated rings. The van der Waals surface area contributed by atoms with Crippen molar-refractivity contribution in [3.05, 3.63) is 40.4 Å². The number of aryl methyl sites for hydroxylation is 1. The van der Waals surface area contributed by atoms with Crippen LogP contribution in [0.15, 0.2) is 24.3 Å². The van der Waals surface area contributed by atoms with Crippen LogP contribution in [-0.4, -0.2) is 22.1 Å². The Balaban J connectivity index is 2.02. The number of carbonyl (C=O) groups is 1. The van der Waals surface area contributed by atoms with Crippen molar-refractivity contribution in [1.29, 1.82) is 0 Å². The minimum atomic E-state index is -2.85. The number of amides is 1. The van der Waals surface area contributed by atoms with Crippen LogP contribution in [0.5, 0.6) is 5.75 Å². The van der Waals surface area contributed by atoms with E-state index in [0.29, 0.717) is 17.0 Å². The molecule has 2 aromatic rings. The third kappa shape index (κ3) is 3.97. The van der Waals surface area contributed by atoms with Gasteiger partial charge in [0.1, 0.15) is 10.6 Å². The first-order valence-corrected chi connectivity index (χ1v) is 7.45. The van der Waals surface area contributed by atoms with Crippen LogP contribution in [0.3, 0.4) is 0 Å². The molecule has 2 rings (SSSR count). The van der Waals surface area contributed by atoms with Gasteiger partial charge in [0.2, 0.25) is 0 Å². The maximum absolute atomic E-state index is 12.2. The molecule has 8 heteroatoms. The highest BCUT2D eigenvalue weighted by Gasteiger charge is 2.17. The number of nitrogens with zero attached hydrogens (tertiary/aromatic N) is 2. The van der Waals surface area contributed by atoms with Crippen LogP contribution in [0.2, 0.25) is 0 Å². The van der Waals surface area contributed by atoms with E-state index >= 15 is 0 Å². The van der Waals surface area contributed by atoms with Crippen molar-refractivity contribution in [2.75, 3.05) is 0 Å². The molecular weight excluding hydrogens is 312 g/mol. The van der Waals surface area contributed by atoms with Crippen molar-refractivity contribution in [2.45, 2.75) is 32.9 Å². The molecule has 0 bridgehead atoms. The molecular formula is C14H15F2N3O2S. The van der Waals surface area contributed by atoms with Gasteiger partial charge in [-0.2, -0.15) is 8.78 Å². The molecule has 1 amide bonds. The molecule has 1 aromatic heterocycles. The lowest BCUT2D eigenvalue weighted by molar-refractivity contribution is -0.0498. The molecule has 0 saturated heterocycles. The van der Waals surface area contributed by atoms with Gasteiger partial charge in [0.05, 0.1) is 11.7 Å². The summed E-state index contributed by atoms with van der Waals surface area (Å²) in [5, 5.41) is 6.73. The first-order valence-electron chi connectivity index (χ1n) is 6.68. The number of rotatable bonds is 6. The summed E-state index contributed by atoms with van der Waals surface area (Å²) in [5.74, 6) is -0.163. The maximum Gasteiger partial charge on any atom is 0.387 e. The van der Waals surface area contributed by atoms with Gasteiger partial charge in [-0.05, 0) is 42.6 Å². The number of carbonyl (C=O) groups excluding carboxylic acids is 1. The normalized spacial score (nSPS) is 12.2. The van der Waals surface area contributed by atoms with Crippen molar-refractivity contribution >= 4 is 17.4 Å². The summed E-state index contributed by atoms with van der Waals surface area (Å²) in [4.78, 5) is 12.7. The van der Waals surface area contributed by atoms with Crippen molar-refractivity contribution in [3.63, 3.8) is 0 Å². The molecule has 1 aromatic carbocycles. The molecule has 0 aliphatic heterocycles. The number of benzene rings is 1. The molecule has 5 nitrogen and oxygen atoms in total. The predicted molar refractivity (Wildman–Crippen MR) is 78.2 cm³/mol. The van der Waals surface area contributed by atoms with E-state index in [2.05, 4.69) is 19.6 Å². The number of hydrogen-bond acceptors (Lipinski definition) is 5. The van der Waals surface area contributed by atoms with Gasteiger partial charge < -0.3 is 10.1 Å². The Morgan fingerprint density at radius 2 is 2.05 bits per heavy atom. The standard InChI is InChI=1S/C14H15F2N3O2S/c1-3-11-12(22-19-18-11)13(20)17-8(2)9-4-6-10(7-5-9)21-14(15)16/h4-8,14H,3H2,1-2H3,(H,17,20). The summed E-state index contributed by atoms with van der Waals surface area (Å²) in [6, 6.07) is 5.87. The Kier molecular flexibility index (Phi) is 5.37. The lowest BCUT2D eigenvalue weighted by Gasteiger charge is -2.14. The number of ether oxygens (including phenoxy) is 1. The Hall–Kier alpha value is -2.09. The van der Waals surface area contributed by atoms with Crippen molar-refractivity contribution in [1.82, 2.24) is 14.9 Å². The highest BCUT2D eigenvalue weighted by atomic mass is 32.1. The first-order chi connectivity index (χ1) is 10.5. The summed E-state index contributed by atoms with van der Waals surface area (Å²) < 4.78 is 32.2. The van der Waals surface area contributed by atoms with E-state index < -0.39 is 6.61 Å². The number of nitrogens with one attached hydrogen (secondary N) is 1. The fourth-order valence-corrected chi connectivity index (χ4v) is 2.55. The smallest absolute Gasteiger partial charge is 0.387 e. The highest BCUT2D eigenvalue weighted by Crippen LogP contribution is 2.20. The van der Waals surface area contributed by atoms with Gasteiger partial charge in [0.15, 0.2) is 0 Å². The van der Waals surface area contributed by atoms with Crippen molar-refractivity contribution in [3.8, 4) is 5.75 Å². The molecule has 0 aliphatic rings. The van der Waals surface area contributed by atoms with E-state index in [1.807, 2.05) is 6.92 Å². The molecule has 0 saturated carbocycles. The van der Waals surface area contributed by atoms with E-state index in [-0.39, 0.29) is 17.7 Å². The predicted octanol–water partition coefficient (Wildman–Crippen LogP) is 3.19. The molecule has 1 heterocycles. The van der Waals surface area contributed by atoms with Crippen LogP contribution >= 0.6 is 11.5 Å². The second-order valence-corrected chi connectivity index (χ2v) is 5.30. The van der Waals surface area contributed by atoms with Crippen LogP contribution in [0, 0.1) is 0 Å². The summed E-state index contributed by atoms with van der Waals surface area (Å²) in [6.45, 7) is 0.855. The summed E-state index contributed by atoms with van der Waals surface area (Å²) >= 11 is 1.05. The van der Waals surface area contributed by atoms with Crippen LogP contribution in [-0.2, 0) is 6.42 Å². The SMILES string of the molecule is CCc1nnsc1C(=O)NC(C)c1ccc(OC(F)F)cc1. The topological polar surface area (TPSA) is 64.1 Å². The molecule has 0 spiro atoms. The lowest BCUT2D eigenvalue weighted by Crippen LogP contribution is -2.26. The van der Waals surface area contributed by atoms with Crippen LogP contribution in [0.1, 0.15) is 40.8 Å². The molecule has 0 aliphatic carbocycles. The largest absolute Gasteiger partial charge is 0.435 e. The zero-order valence-corrected chi connectivity index (χ0v) is 12.9. The van der Waals surface area contributed by atoms with E-state index in [4.69, 9.17) is 0 Å². The van der Waals surface area contributed by atoms with Gasteiger partial charge in [-0.1, -0.05) is 23.5 Å². The lowest BCUT2D eigenvalue weighted by atomic mass is 10.1. The van der Waals surface area contributed by atoms with Gasteiger partial charge in [-0.3, -0.25) is 4.79 Å². The van der Waals surface area contributed by atoms with Crippen LogP contribution in [0.25, 0.3) is 0 Å². The number of aromatic nitrogens is 2. The second kappa shape index (κ2) is 7.26. The third-order valence-electron chi connectivity index (χ3n) is 3.05. The second-order valence-electron chi connectivity index (χ2n) is 4.54. The van der Waals surface area contributed by atoms with Crippen LogP contribution in [0.4, 0.5) is 8.78 Å². The monoisotopic (exact) mass is 327 g/mol. The average molecular weight is 327 g/mol. The van der Waals surface area contributed by atoms with Gasteiger partial charge >= 0.3 is 6.61 Å². The third-order valence-corrected chi connectivity index (χ3v) is 3.82. The Morgan fingerprint density at radius 1 is 1.36 bits per heavy atom. The molecule has 1 atom stereocenters. The Morgan fingerprint density at radius 3 is 2.64 bits per heavy atom. The number of alkyl halides is 2. The number of hydrogen-bond donors (Lipinski definition) is 1. The molecule has 0 radical (unpaired) electrons. The first kappa shape index (κ1) is 16.3. The van der Waals surface area contributed by atoms with Gasteiger partial charge in [-0.25, -0.2) is 0 Å². The summed E-state index contributed by atoms with van der Waals surface area (Å²) in [7, 11) is 0. The number of halogens is 2. The van der Waals surface area contributed by atoms with Crippen LogP contribution < -0.4 is 10.1 Å². The van der Waals surface area contributed by atoms with E-state index in [1.54, 1.807) is 19.1 Å². The molecule has 1 N–H and O–H groups in total. The quantitative estimate of drug-likeness (QED) is 0.885. The average Bonchev–Trinajstić information content (AvgIpc) is 2.95. The Bertz CT molecular complexity index is 631. The molecule has 22 heavy (non-hydrogen) atoms. The fourth-order valence-electron chi connectivity index (χ4n) is 1.90. The van der Waals surface area contributed by atoms with Gasteiger partial charge in [-0.15, -0.1) is 5.10 Å². The minimum Gasteiger partial charge on any atom is -0.435 e. The molecule has 118 valence electrons. The fraction of sp³-hybridized carbons (Fsp3) is 0.357. The van der Waals surface area contributed by atoms with E-state index in [9.17, 15) is 13.6 Å². The summed E-state index contributed by atoms with van der Waals surface area (Å²) in [5.41, 5.74) is 1.45. The molecule has 1 unspecified atom stereocenters. The highest BCUT2D eigenvalue weighted by molar-refractivity contribution is 7.08. The minimum absolute atomic E-state index is 0.0807. The van der Waals surface area contributed by atoms with Gasteiger partial charge in [0, 0.05) is 0 Å². The zero-order valence-electron chi connectivity index (χ0n) is 12.0. The van der Waals surface area contributed by atoms with Crippen molar-refractivity contribution < 1.29 is 18.3 Å². The van der Waals surface area contributed by atoms with E-state index in [0.717, 1.165) is 17.1 Å². The zero-order chi connectivity index (χ0) is 16.1. The van der Waals surface area contributed by atoms with Gasteiger partial charge in [0.25, 0.3) is 5.91 Å². The summed E-state index contributed by atoms with van der Waals surface area (Å²) in [6.07, 6.45) is 0.632. The van der Waals surface area contributed by atoms with Crippen molar-refractivity contribution in [2.24, 2.45) is 0 Å². The maximum atomic E-state index is 12.2. The Labute approximate surface area is 130 Å². The van der Waals surface area contributed by atoms with E-state index in [1.165, 1.54) is 12.1 Å².